The van der Waals surface area contributed by atoms with Crippen LogP contribution in [0.15, 0.2) is 42.7 Å². The number of ether oxygens (including phenoxy) is 1. The molecule has 2 unspecified atom stereocenters. The predicted molar refractivity (Wildman–Crippen MR) is 79.2 cm³/mol. The summed E-state index contributed by atoms with van der Waals surface area (Å²) in [6, 6.07) is 10.3. The van der Waals surface area contributed by atoms with Crippen molar-refractivity contribution in [1.29, 1.82) is 0 Å². The monoisotopic (exact) mass is 272 g/mol. The minimum Gasteiger partial charge on any atom is -0.373 e. The minimum absolute atomic E-state index is 0.0259. The number of nitrogens with two attached hydrogens (primary N) is 1. The second kappa shape index (κ2) is 5.64. The summed E-state index contributed by atoms with van der Waals surface area (Å²) in [7, 11) is 0. The van der Waals surface area contributed by atoms with Gasteiger partial charge in [0.25, 0.3) is 0 Å². The Morgan fingerprint density at radius 2 is 2.15 bits per heavy atom. The van der Waals surface area contributed by atoms with Gasteiger partial charge in [0.2, 0.25) is 5.95 Å². The Hall–Kier alpha value is -1.85. The van der Waals surface area contributed by atoms with Crippen LogP contribution in [0.2, 0.25) is 0 Å². The molecule has 0 bridgehead atoms. The summed E-state index contributed by atoms with van der Waals surface area (Å²) in [6.07, 6.45) is 3.88. The van der Waals surface area contributed by atoms with E-state index in [1.165, 1.54) is 0 Å². The maximum atomic E-state index is 5.95. The van der Waals surface area contributed by atoms with Gasteiger partial charge in [-0.15, -0.1) is 0 Å². The fourth-order valence-electron chi connectivity index (χ4n) is 2.49. The molecule has 1 fully saturated rings. The van der Waals surface area contributed by atoms with E-state index in [9.17, 15) is 0 Å². The van der Waals surface area contributed by atoms with Gasteiger partial charge in [-0.25, -0.2) is 4.98 Å². The minimum atomic E-state index is 0.0259. The maximum Gasteiger partial charge on any atom is 0.210 e. The molecule has 1 aromatic heterocycles. The topological polar surface area (TPSA) is 56.3 Å². The van der Waals surface area contributed by atoms with Gasteiger partial charge in [-0.2, -0.15) is 0 Å². The molecule has 0 amide bonds. The first-order chi connectivity index (χ1) is 9.75. The van der Waals surface area contributed by atoms with Crippen LogP contribution in [0.5, 0.6) is 0 Å². The zero-order valence-electron chi connectivity index (χ0n) is 11.6. The maximum absolute atomic E-state index is 5.95. The van der Waals surface area contributed by atoms with Crippen LogP contribution in [0.3, 0.4) is 0 Å². The SMILES string of the molecule is CC(N)C1CN(c2nccn2-c2ccccc2)CCO1. The van der Waals surface area contributed by atoms with Crippen molar-refractivity contribution in [3.63, 3.8) is 0 Å². The fraction of sp³-hybridized carbons (Fsp3) is 0.400. The Morgan fingerprint density at radius 3 is 2.90 bits per heavy atom. The van der Waals surface area contributed by atoms with Crippen molar-refractivity contribution in [3.8, 4) is 5.69 Å². The number of imidazole rings is 1. The number of nitrogens with zero attached hydrogens (tertiary/aromatic N) is 3. The quantitative estimate of drug-likeness (QED) is 0.918. The van der Waals surface area contributed by atoms with Crippen LogP contribution < -0.4 is 10.6 Å². The van der Waals surface area contributed by atoms with Crippen molar-refractivity contribution in [3.05, 3.63) is 42.7 Å². The van der Waals surface area contributed by atoms with E-state index in [2.05, 4.69) is 26.6 Å². The van der Waals surface area contributed by atoms with E-state index in [1.807, 2.05) is 37.5 Å². The van der Waals surface area contributed by atoms with Crippen molar-refractivity contribution in [2.45, 2.75) is 19.1 Å². The molecule has 5 nitrogen and oxygen atoms in total. The Labute approximate surface area is 119 Å². The van der Waals surface area contributed by atoms with Gasteiger partial charge in [0, 0.05) is 37.2 Å². The Balaban J connectivity index is 1.86. The first kappa shape index (κ1) is 13.1. The highest BCUT2D eigenvalue weighted by atomic mass is 16.5. The van der Waals surface area contributed by atoms with Crippen LogP contribution in [-0.4, -0.2) is 41.4 Å². The van der Waals surface area contributed by atoms with E-state index in [0.717, 1.165) is 24.7 Å². The number of benzene rings is 1. The Bertz CT molecular complexity index is 552. The normalized spacial score (nSPS) is 20.9. The second-order valence-corrected chi connectivity index (χ2v) is 5.15. The number of anilines is 1. The number of aromatic nitrogens is 2. The lowest BCUT2D eigenvalue weighted by molar-refractivity contribution is 0.0270. The summed E-state index contributed by atoms with van der Waals surface area (Å²) in [6.45, 7) is 4.29. The lowest BCUT2D eigenvalue weighted by Crippen LogP contribution is -2.50. The average Bonchev–Trinajstić information content (AvgIpc) is 2.98. The molecule has 1 saturated heterocycles. The number of hydrogen-bond acceptors (Lipinski definition) is 4. The lowest BCUT2D eigenvalue weighted by Gasteiger charge is -2.35. The molecule has 1 aromatic carbocycles. The van der Waals surface area contributed by atoms with Gasteiger partial charge in [0.1, 0.15) is 0 Å². The Kier molecular flexibility index (Phi) is 3.71. The van der Waals surface area contributed by atoms with Gasteiger partial charge in [-0.3, -0.25) is 4.57 Å². The number of para-hydroxylation sites is 1. The molecule has 0 spiro atoms. The molecule has 20 heavy (non-hydrogen) atoms. The van der Waals surface area contributed by atoms with Crippen LogP contribution in [0.1, 0.15) is 6.92 Å². The zero-order valence-corrected chi connectivity index (χ0v) is 11.6. The highest BCUT2D eigenvalue weighted by molar-refractivity contribution is 5.43. The van der Waals surface area contributed by atoms with Crippen LogP contribution in [0.25, 0.3) is 5.69 Å². The highest BCUT2D eigenvalue weighted by Gasteiger charge is 2.25. The molecule has 2 heterocycles. The molecular formula is C15H20N4O. The average molecular weight is 272 g/mol. The lowest BCUT2D eigenvalue weighted by atomic mass is 10.1. The van der Waals surface area contributed by atoms with Crippen molar-refractivity contribution < 1.29 is 4.74 Å². The van der Waals surface area contributed by atoms with Crippen molar-refractivity contribution in [2.24, 2.45) is 5.73 Å². The summed E-state index contributed by atoms with van der Waals surface area (Å²) in [4.78, 5) is 6.74. The summed E-state index contributed by atoms with van der Waals surface area (Å²) in [5.74, 6) is 0.949. The molecular weight excluding hydrogens is 252 g/mol. The van der Waals surface area contributed by atoms with E-state index < -0.39 is 0 Å². The van der Waals surface area contributed by atoms with Crippen molar-refractivity contribution in [1.82, 2.24) is 9.55 Å². The van der Waals surface area contributed by atoms with Gasteiger partial charge in [0.15, 0.2) is 0 Å². The van der Waals surface area contributed by atoms with E-state index in [-0.39, 0.29) is 12.1 Å². The Morgan fingerprint density at radius 1 is 1.35 bits per heavy atom. The summed E-state index contributed by atoms with van der Waals surface area (Å²) in [5.41, 5.74) is 7.07. The third-order valence-corrected chi connectivity index (χ3v) is 3.62. The highest BCUT2D eigenvalue weighted by Crippen LogP contribution is 2.20. The van der Waals surface area contributed by atoms with E-state index in [1.54, 1.807) is 0 Å². The number of morpholine rings is 1. The summed E-state index contributed by atoms with van der Waals surface area (Å²) >= 11 is 0. The third-order valence-electron chi connectivity index (χ3n) is 3.62. The van der Waals surface area contributed by atoms with Gasteiger partial charge in [0.05, 0.1) is 12.7 Å². The molecule has 0 saturated carbocycles. The van der Waals surface area contributed by atoms with Gasteiger partial charge in [-0.05, 0) is 19.1 Å². The van der Waals surface area contributed by atoms with Gasteiger partial charge >= 0.3 is 0 Å². The molecule has 0 aliphatic carbocycles. The van der Waals surface area contributed by atoms with E-state index in [0.29, 0.717) is 6.61 Å². The van der Waals surface area contributed by atoms with Crippen LogP contribution >= 0.6 is 0 Å². The second-order valence-electron chi connectivity index (χ2n) is 5.15. The van der Waals surface area contributed by atoms with E-state index >= 15 is 0 Å². The van der Waals surface area contributed by atoms with Gasteiger partial charge in [-0.1, -0.05) is 18.2 Å². The molecule has 0 radical (unpaired) electrons. The van der Waals surface area contributed by atoms with Crippen LogP contribution in [0.4, 0.5) is 5.95 Å². The summed E-state index contributed by atoms with van der Waals surface area (Å²) < 4.78 is 7.81. The van der Waals surface area contributed by atoms with Gasteiger partial charge < -0.3 is 15.4 Å². The van der Waals surface area contributed by atoms with Crippen molar-refractivity contribution >= 4 is 5.95 Å². The predicted octanol–water partition coefficient (Wildman–Crippen LogP) is 1.42. The molecule has 3 rings (SSSR count). The molecule has 1 aliphatic rings. The first-order valence-electron chi connectivity index (χ1n) is 6.96. The standard InChI is InChI=1S/C15H20N4O/c1-12(16)14-11-18(9-10-20-14)15-17-7-8-19(15)13-5-3-2-4-6-13/h2-8,12,14H,9-11,16H2,1H3. The number of hydrogen-bond donors (Lipinski definition) is 1. The molecule has 2 aromatic rings. The number of rotatable bonds is 3. The summed E-state index contributed by atoms with van der Waals surface area (Å²) in [5, 5.41) is 0. The molecule has 106 valence electrons. The largest absolute Gasteiger partial charge is 0.373 e. The van der Waals surface area contributed by atoms with Crippen molar-refractivity contribution in [2.75, 3.05) is 24.6 Å². The fourth-order valence-corrected chi connectivity index (χ4v) is 2.49. The van der Waals surface area contributed by atoms with Crippen LogP contribution in [-0.2, 0) is 4.74 Å². The van der Waals surface area contributed by atoms with Crippen LogP contribution in [0, 0.1) is 0 Å². The molecule has 2 N–H and O–H groups in total. The zero-order chi connectivity index (χ0) is 13.9. The first-order valence-corrected chi connectivity index (χ1v) is 6.96. The molecule has 1 aliphatic heterocycles. The van der Waals surface area contributed by atoms with E-state index in [4.69, 9.17) is 10.5 Å². The third kappa shape index (κ3) is 2.55. The molecule has 5 heteroatoms. The smallest absolute Gasteiger partial charge is 0.210 e. The molecule has 2 atom stereocenters.